The van der Waals surface area contributed by atoms with Crippen molar-refractivity contribution in [2.45, 2.75) is 18.8 Å². The number of thiazole rings is 2. The number of carbonyl (C=O) groups excluding carboxylic acids is 1. The van der Waals surface area contributed by atoms with Crippen LogP contribution in [0.25, 0.3) is 10.2 Å². The van der Waals surface area contributed by atoms with Crippen LogP contribution in [0.4, 0.5) is 10.5 Å². The molecule has 0 radical (unpaired) electrons. The Morgan fingerprint density at radius 2 is 2.04 bits per heavy atom. The van der Waals surface area contributed by atoms with Crippen LogP contribution >= 0.6 is 22.7 Å². The molecule has 2 amide bonds. The van der Waals surface area contributed by atoms with E-state index in [4.69, 9.17) is 5.11 Å². The van der Waals surface area contributed by atoms with E-state index in [1.807, 2.05) is 18.2 Å². The van der Waals surface area contributed by atoms with Crippen LogP contribution in [0.3, 0.4) is 0 Å². The topological polar surface area (TPSA) is 95.4 Å². The SMILES string of the molecule is O=C(Nc1ccc2ncsc2c1)c1csc(C2CCN(C(=O)O)CC2)n1. The molecule has 9 heteroatoms. The third-order valence-electron chi connectivity index (χ3n) is 4.46. The largest absolute Gasteiger partial charge is 0.465 e. The van der Waals surface area contributed by atoms with Gasteiger partial charge in [-0.2, -0.15) is 0 Å². The number of carbonyl (C=O) groups is 2. The van der Waals surface area contributed by atoms with Gasteiger partial charge in [0, 0.05) is 30.1 Å². The summed E-state index contributed by atoms with van der Waals surface area (Å²) in [4.78, 5) is 33.6. The zero-order chi connectivity index (χ0) is 18.1. The van der Waals surface area contributed by atoms with Crippen LogP contribution in [-0.4, -0.2) is 45.1 Å². The van der Waals surface area contributed by atoms with E-state index in [1.54, 1.807) is 10.9 Å². The highest BCUT2D eigenvalue weighted by molar-refractivity contribution is 7.16. The van der Waals surface area contributed by atoms with Gasteiger partial charge in [0.1, 0.15) is 5.69 Å². The molecule has 1 saturated heterocycles. The molecule has 7 nitrogen and oxygen atoms in total. The average Bonchev–Trinajstić information content (AvgIpc) is 3.31. The lowest BCUT2D eigenvalue weighted by Gasteiger charge is -2.28. The van der Waals surface area contributed by atoms with Crippen molar-refractivity contribution in [3.8, 4) is 0 Å². The Kier molecular flexibility index (Phi) is 4.56. The van der Waals surface area contributed by atoms with Crippen molar-refractivity contribution in [3.63, 3.8) is 0 Å². The number of likely N-dealkylation sites (tertiary alicyclic amines) is 1. The molecular formula is C17H16N4O3S2. The van der Waals surface area contributed by atoms with Crippen molar-refractivity contribution in [1.82, 2.24) is 14.9 Å². The molecule has 4 rings (SSSR count). The first-order valence-corrected chi connectivity index (χ1v) is 9.94. The molecule has 1 fully saturated rings. The number of piperidine rings is 1. The molecule has 0 atom stereocenters. The van der Waals surface area contributed by atoms with E-state index in [0.717, 1.165) is 33.8 Å². The Balaban J connectivity index is 1.42. The molecule has 3 heterocycles. The maximum absolute atomic E-state index is 12.5. The minimum Gasteiger partial charge on any atom is -0.465 e. The first kappa shape index (κ1) is 16.9. The van der Waals surface area contributed by atoms with Crippen LogP contribution in [-0.2, 0) is 0 Å². The molecule has 0 aliphatic carbocycles. The van der Waals surface area contributed by atoms with Crippen molar-refractivity contribution in [2.24, 2.45) is 0 Å². The van der Waals surface area contributed by atoms with Crippen LogP contribution in [0, 0.1) is 0 Å². The Morgan fingerprint density at radius 3 is 2.81 bits per heavy atom. The average molecular weight is 388 g/mol. The van der Waals surface area contributed by atoms with Gasteiger partial charge in [-0.1, -0.05) is 0 Å². The number of carboxylic acid groups (broad SMARTS) is 1. The van der Waals surface area contributed by atoms with E-state index >= 15 is 0 Å². The van der Waals surface area contributed by atoms with Crippen LogP contribution in [0.1, 0.15) is 34.3 Å². The van der Waals surface area contributed by atoms with Gasteiger partial charge < -0.3 is 15.3 Å². The van der Waals surface area contributed by atoms with E-state index < -0.39 is 6.09 Å². The molecule has 0 bridgehead atoms. The Bertz CT molecular complexity index is 960. The number of fused-ring (bicyclic) bond motifs is 1. The lowest BCUT2D eigenvalue weighted by molar-refractivity contribution is 0.102. The third kappa shape index (κ3) is 3.40. The highest BCUT2D eigenvalue weighted by Crippen LogP contribution is 2.30. The predicted molar refractivity (Wildman–Crippen MR) is 101 cm³/mol. The molecule has 26 heavy (non-hydrogen) atoms. The zero-order valence-electron chi connectivity index (χ0n) is 13.7. The van der Waals surface area contributed by atoms with Crippen LogP contribution in [0.15, 0.2) is 29.1 Å². The Labute approximate surface area is 157 Å². The van der Waals surface area contributed by atoms with E-state index in [0.29, 0.717) is 18.8 Å². The number of aromatic nitrogens is 2. The lowest BCUT2D eigenvalue weighted by Crippen LogP contribution is -2.36. The van der Waals surface area contributed by atoms with Crippen molar-refractivity contribution >= 4 is 50.6 Å². The monoisotopic (exact) mass is 388 g/mol. The quantitative estimate of drug-likeness (QED) is 0.710. The van der Waals surface area contributed by atoms with Gasteiger partial charge in [-0.05, 0) is 31.0 Å². The molecule has 2 aromatic heterocycles. The molecule has 2 N–H and O–H groups in total. The second-order valence-corrected chi connectivity index (χ2v) is 7.88. The number of hydrogen-bond acceptors (Lipinski definition) is 6. The van der Waals surface area contributed by atoms with E-state index in [-0.39, 0.29) is 11.8 Å². The van der Waals surface area contributed by atoms with E-state index in [9.17, 15) is 9.59 Å². The summed E-state index contributed by atoms with van der Waals surface area (Å²) in [5, 5.41) is 14.6. The Morgan fingerprint density at radius 1 is 1.23 bits per heavy atom. The summed E-state index contributed by atoms with van der Waals surface area (Å²) in [5.41, 5.74) is 3.81. The standard InChI is InChI=1S/C17H16N4O3S2/c22-15(19-11-1-2-12-14(7-11)26-9-18-12)13-8-25-16(20-13)10-3-5-21(6-4-10)17(23)24/h1-2,7-10H,3-6H2,(H,19,22)(H,23,24). The highest BCUT2D eigenvalue weighted by Gasteiger charge is 2.26. The van der Waals surface area contributed by atoms with Gasteiger partial charge in [0.2, 0.25) is 0 Å². The number of nitrogens with zero attached hydrogens (tertiary/aromatic N) is 3. The molecule has 0 spiro atoms. The molecule has 134 valence electrons. The maximum atomic E-state index is 12.5. The smallest absolute Gasteiger partial charge is 0.407 e. The predicted octanol–water partition coefficient (Wildman–Crippen LogP) is 3.86. The number of rotatable bonds is 3. The zero-order valence-corrected chi connectivity index (χ0v) is 15.3. The van der Waals surface area contributed by atoms with Gasteiger partial charge in [0.05, 0.1) is 20.7 Å². The maximum Gasteiger partial charge on any atom is 0.407 e. The molecule has 1 aromatic carbocycles. The second kappa shape index (κ2) is 7.00. The first-order chi connectivity index (χ1) is 12.6. The molecule has 1 aliphatic heterocycles. The van der Waals surface area contributed by atoms with Gasteiger partial charge in [-0.25, -0.2) is 14.8 Å². The van der Waals surface area contributed by atoms with Gasteiger partial charge in [0.25, 0.3) is 5.91 Å². The third-order valence-corrected chi connectivity index (χ3v) is 6.26. The van der Waals surface area contributed by atoms with Crippen LogP contribution in [0.5, 0.6) is 0 Å². The Hall–Kier alpha value is -2.52. The minimum atomic E-state index is -0.874. The number of amides is 2. The number of benzene rings is 1. The number of nitrogens with one attached hydrogen (secondary N) is 1. The molecular weight excluding hydrogens is 372 g/mol. The fourth-order valence-corrected chi connectivity index (χ4v) is 4.71. The van der Waals surface area contributed by atoms with Gasteiger partial charge in [-0.15, -0.1) is 22.7 Å². The number of anilines is 1. The summed E-state index contributed by atoms with van der Waals surface area (Å²) in [6, 6.07) is 5.61. The summed E-state index contributed by atoms with van der Waals surface area (Å²) >= 11 is 2.99. The number of hydrogen-bond donors (Lipinski definition) is 2. The van der Waals surface area contributed by atoms with Crippen molar-refractivity contribution < 1.29 is 14.7 Å². The minimum absolute atomic E-state index is 0.214. The summed E-state index contributed by atoms with van der Waals surface area (Å²) in [7, 11) is 0. The van der Waals surface area contributed by atoms with Crippen LogP contribution < -0.4 is 5.32 Å². The fraction of sp³-hybridized carbons (Fsp3) is 0.294. The van der Waals surface area contributed by atoms with E-state index in [1.165, 1.54) is 27.6 Å². The first-order valence-electron chi connectivity index (χ1n) is 8.18. The summed E-state index contributed by atoms with van der Waals surface area (Å²) in [6.07, 6.45) is 0.604. The normalized spacial score (nSPS) is 15.3. The molecule has 1 aliphatic rings. The molecule has 0 unspecified atom stereocenters. The van der Waals surface area contributed by atoms with Crippen molar-refractivity contribution in [3.05, 3.63) is 39.8 Å². The fourth-order valence-electron chi connectivity index (χ4n) is 3.03. The van der Waals surface area contributed by atoms with Gasteiger partial charge in [-0.3, -0.25) is 4.79 Å². The van der Waals surface area contributed by atoms with Gasteiger partial charge in [0.15, 0.2) is 0 Å². The summed E-state index contributed by atoms with van der Waals surface area (Å²) in [5.74, 6) is -0.0231. The lowest BCUT2D eigenvalue weighted by atomic mass is 9.98. The van der Waals surface area contributed by atoms with Crippen LogP contribution in [0.2, 0.25) is 0 Å². The summed E-state index contributed by atoms with van der Waals surface area (Å²) in [6.45, 7) is 1.02. The second-order valence-electron chi connectivity index (χ2n) is 6.10. The summed E-state index contributed by atoms with van der Waals surface area (Å²) < 4.78 is 1.02. The highest BCUT2D eigenvalue weighted by atomic mass is 32.1. The van der Waals surface area contributed by atoms with Gasteiger partial charge >= 0.3 is 6.09 Å². The van der Waals surface area contributed by atoms with Crippen molar-refractivity contribution in [2.75, 3.05) is 18.4 Å². The van der Waals surface area contributed by atoms with Crippen molar-refractivity contribution in [1.29, 1.82) is 0 Å². The molecule has 3 aromatic rings. The van der Waals surface area contributed by atoms with E-state index in [2.05, 4.69) is 15.3 Å². The molecule has 0 saturated carbocycles.